The summed E-state index contributed by atoms with van der Waals surface area (Å²) < 4.78 is 42.2. The molecule has 6 heteroatoms. The molecule has 1 aromatic heterocycles. The van der Waals surface area contributed by atoms with Gasteiger partial charge in [-0.05, 0) is 24.1 Å². The van der Waals surface area contributed by atoms with Crippen molar-refractivity contribution in [1.82, 2.24) is 4.57 Å². The highest BCUT2D eigenvalue weighted by atomic mass is 19.4. The van der Waals surface area contributed by atoms with E-state index in [9.17, 15) is 18.0 Å². The Kier molecular flexibility index (Phi) is 3.98. The zero-order chi connectivity index (χ0) is 16.8. The Morgan fingerprint density at radius 2 is 1.77 bits per heavy atom. The third-order valence-corrected chi connectivity index (χ3v) is 3.79. The highest BCUT2D eigenvalue weighted by Crippen LogP contribution is 2.39. The van der Waals surface area contributed by atoms with Crippen LogP contribution in [-0.2, 0) is 13.2 Å². The van der Waals surface area contributed by atoms with Gasteiger partial charge < -0.3 is 9.47 Å². The smallest absolute Gasteiger partial charge is 0.378 e. The third-order valence-electron chi connectivity index (χ3n) is 3.79. The summed E-state index contributed by atoms with van der Waals surface area (Å²) in [6.45, 7) is 3.21. The number of rotatable bonds is 2. The first-order chi connectivity index (χ1) is 10.1. The first-order valence-electron chi connectivity index (χ1n) is 6.96. The standard InChI is InChI=1S/C16H19F3N2O/c1-9(2)13-14(16(17,18)19)11-8-10(20(3)4)6-7-12(11)21(5)15(13)22/h6-9H,1-5H3. The summed E-state index contributed by atoms with van der Waals surface area (Å²) in [6.07, 6.45) is -4.57. The summed E-state index contributed by atoms with van der Waals surface area (Å²) in [5.41, 5.74) is -0.645. The molecule has 1 heterocycles. The van der Waals surface area contributed by atoms with E-state index in [0.717, 1.165) is 0 Å². The van der Waals surface area contributed by atoms with Gasteiger partial charge in [0.2, 0.25) is 0 Å². The van der Waals surface area contributed by atoms with E-state index in [1.54, 1.807) is 45.0 Å². The van der Waals surface area contributed by atoms with Crippen LogP contribution in [0.5, 0.6) is 0 Å². The lowest BCUT2D eigenvalue weighted by Crippen LogP contribution is -2.28. The maximum atomic E-state index is 13.6. The van der Waals surface area contributed by atoms with Crippen LogP contribution < -0.4 is 10.5 Å². The topological polar surface area (TPSA) is 25.2 Å². The second kappa shape index (κ2) is 5.34. The fourth-order valence-corrected chi connectivity index (χ4v) is 2.68. The fraction of sp³-hybridized carbons (Fsp3) is 0.438. The predicted octanol–water partition coefficient (Wildman–Crippen LogP) is 3.75. The maximum absolute atomic E-state index is 13.6. The van der Waals surface area contributed by atoms with Gasteiger partial charge in [0.15, 0.2) is 0 Å². The lowest BCUT2D eigenvalue weighted by Gasteiger charge is -2.21. The van der Waals surface area contributed by atoms with Crippen molar-refractivity contribution in [2.75, 3.05) is 19.0 Å². The largest absolute Gasteiger partial charge is 0.417 e. The molecular weight excluding hydrogens is 293 g/mol. The van der Waals surface area contributed by atoms with Gasteiger partial charge in [-0.15, -0.1) is 0 Å². The van der Waals surface area contributed by atoms with Crippen LogP contribution >= 0.6 is 0 Å². The molecule has 0 N–H and O–H groups in total. The summed E-state index contributed by atoms with van der Waals surface area (Å²) >= 11 is 0. The number of nitrogens with zero attached hydrogens (tertiary/aromatic N) is 2. The highest BCUT2D eigenvalue weighted by Gasteiger charge is 2.38. The van der Waals surface area contributed by atoms with E-state index in [1.165, 1.54) is 17.7 Å². The molecule has 0 spiro atoms. The molecule has 0 saturated heterocycles. The van der Waals surface area contributed by atoms with Crippen LogP contribution in [0.15, 0.2) is 23.0 Å². The molecule has 120 valence electrons. The maximum Gasteiger partial charge on any atom is 0.417 e. The van der Waals surface area contributed by atoms with Crippen LogP contribution in [-0.4, -0.2) is 18.7 Å². The first-order valence-corrected chi connectivity index (χ1v) is 6.96. The summed E-state index contributed by atoms with van der Waals surface area (Å²) in [4.78, 5) is 14.1. The van der Waals surface area contributed by atoms with Gasteiger partial charge in [-0.2, -0.15) is 13.2 Å². The van der Waals surface area contributed by atoms with Gasteiger partial charge in [-0.3, -0.25) is 4.79 Å². The number of aromatic nitrogens is 1. The minimum atomic E-state index is -4.57. The lowest BCUT2D eigenvalue weighted by molar-refractivity contribution is -0.137. The SMILES string of the molecule is CC(C)c1c(C(F)(F)F)c2cc(N(C)C)ccc2n(C)c1=O. The van der Waals surface area contributed by atoms with Crippen LogP contribution in [0.2, 0.25) is 0 Å². The minimum Gasteiger partial charge on any atom is -0.378 e. The van der Waals surface area contributed by atoms with Gasteiger partial charge in [0.1, 0.15) is 0 Å². The second-order valence-electron chi connectivity index (χ2n) is 5.90. The summed E-state index contributed by atoms with van der Waals surface area (Å²) in [5.74, 6) is -0.511. The summed E-state index contributed by atoms with van der Waals surface area (Å²) in [7, 11) is 5.03. The number of anilines is 1. The molecule has 0 bridgehead atoms. The van der Waals surface area contributed by atoms with E-state index in [-0.39, 0.29) is 16.5 Å². The first kappa shape index (κ1) is 16.4. The van der Waals surface area contributed by atoms with Crippen molar-refractivity contribution in [3.8, 4) is 0 Å². The number of alkyl halides is 3. The van der Waals surface area contributed by atoms with Crippen molar-refractivity contribution in [3.63, 3.8) is 0 Å². The molecule has 3 nitrogen and oxygen atoms in total. The Morgan fingerprint density at radius 3 is 2.23 bits per heavy atom. The number of fused-ring (bicyclic) bond motifs is 1. The van der Waals surface area contributed by atoms with E-state index < -0.39 is 23.2 Å². The summed E-state index contributed by atoms with van der Waals surface area (Å²) in [5, 5.41) is 0.0597. The van der Waals surface area contributed by atoms with Crippen LogP contribution in [0.1, 0.15) is 30.9 Å². The molecule has 0 saturated carbocycles. The molecule has 0 aliphatic rings. The Labute approximate surface area is 127 Å². The zero-order valence-corrected chi connectivity index (χ0v) is 13.2. The Balaban J connectivity index is 3.07. The summed E-state index contributed by atoms with van der Waals surface area (Å²) in [6, 6.07) is 4.76. The quantitative estimate of drug-likeness (QED) is 0.844. The Bertz CT molecular complexity index is 774. The number of benzene rings is 1. The molecule has 0 unspecified atom stereocenters. The molecule has 0 aliphatic heterocycles. The number of pyridine rings is 1. The average Bonchev–Trinajstić information content (AvgIpc) is 2.39. The van der Waals surface area contributed by atoms with Gasteiger partial charge >= 0.3 is 6.18 Å². The van der Waals surface area contributed by atoms with E-state index >= 15 is 0 Å². The molecule has 0 aliphatic carbocycles. The van der Waals surface area contributed by atoms with Crippen LogP contribution in [0, 0.1) is 0 Å². The molecular formula is C16H19F3N2O. The van der Waals surface area contributed by atoms with Gasteiger partial charge in [0, 0.05) is 37.8 Å². The molecule has 0 radical (unpaired) electrons. The molecule has 0 atom stereocenters. The van der Waals surface area contributed by atoms with Crippen molar-refractivity contribution >= 4 is 16.6 Å². The number of aryl methyl sites for hydroxylation is 1. The molecule has 0 fully saturated rings. The van der Waals surface area contributed by atoms with E-state index in [4.69, 9.17) is 0 Å². The molecule has 2 aromatic rings. The molecule has 0 amide bonds. The van der Waals surface area contributed by atoms with Gasteiger partial charge in [-0.25, -0.2) is 0 Å². The van der Waals surface area contributed by atoms with Crippen molar-refractivity contribution < 1.29 is 13.2 Å². The highest BCUT2D eigenvalue weighted by molar-refractivity contribution is 5.87. The second-order valence-corrected chi connectivity index (χ2v) is 5.90. The Hall–Kier alpha value is -1.98. The molecule has 2 rings (SSSR count). The third kappa shape index (κ3) is 2.58. The molecule has 22 heavy (non-hydrogen) atoms. The molecule has 1 aromatic carbocycles. The van der Waals surface area contributed by atoms with Crippen molar-refractivity contribution in [2.24, 2.45) is 7.05 Å². The van der Waals surface area contributed by atoms with Gasteiger partial charge in [0.05, 0.1) is 11.1 Å². The average molecular weight is 312 g/mol. The lowest BCUT2D eigenvalue weighted by atomic mass is 9.94. The van der Waals surface area contributed by atoms with Crippen LogP contribution in [0.4, 0.5) is 18.9 Å². The van der Waals surface area contributed by atoms with Crippen molar-refractivity contribution in [2.45, 2.75) is 25.9 Å². The van der Waals surface area contributed by atoms with Crippen LogP contribution in [0.3, 0.4) is 0 Å². The monoisotopic (exact) mass is 312 g/mol. The Morgan fingerprint density at radius 1 is 1.18 bits per heavy atom. The predicted molar refractivity (Wildman–Crippen MR) is 82.6 cm³/mol. The number of halogens is 3. The minimum absolute atomic E-state index is 0.0597. The van der Waals surface area contributed by atoms with Crippen LogP contribution in [0.25, 0.3) is 10.9 Å². The van der Waals surface area contributed by atoms with Gasteiger partial charge in [-0.1, -0.05) is 13.8 Å². The zero-order valence-electron chi connectivity index (χ0n) is 13.2. The number of hydrogen-bond acceptors (Lipinski definition) is 2. The fourth-order valence-electron chi connectivity index (χ4n) is 2.68. The van der Waals surface area contributed by atoms with Crippen molar-refractivity contribution in [3.05, 3.63) is 39.7 Å². The normalized spacial score (nSPS) is 12.2. The van der Waals surface area contributed by atoms with E-state index in [1.807, 2.05) is 0 Å². The van der Waals surface area contributed by atoms with Gasteiger partial charge in [0.25, 0.3) is 5.56 Å². The van der Waals surface area contributed by atoms with E-state index in [2.05, 4.69) is 0 Å². The number of hydrogen-bond donors (Lipinski definition) is 0. The van der Waals surface area contributed by atoms with Crippen molar-refractivity contribution in [1.29, 1.82) is 0 Å². The van der Waals surface area contributed by atoms with E-state index in [0.29, 0.717) is 5.69 Å².